The molecule has 1 fully saturated rings. The molecule has 10 heteroatoms. The van der Waals surface area contributed by atoms with Gasteiger partial charge in [0.25, 0.3) is 5.92 Å². The lowest BCUT2D eigenvalue weighted by molar-refractivity contribution is -0.118. The highest BCUT2D eigenvalue weighted by Crippen LogP contribution is 2.25. The SMILES string of the molecule is Cl.Cl.O=C(Nc1ccn(CCc2ccncc2)n1)C1CC(F)(F)CN1. The van der Waals surface area contributed by atoms with Crippen LogP contribution in [0, 0.1) is 0 Å². The molecule has 2 aromatic rings. The van der Waals surface area contributed by atoms with Crippen molar-refractivity contribution < 1.29 is 13.6 Å². The van der Waals surface area contributed by atoms with Gasteiger partial charge < -0.3 is 5.32 Å². The third kappa shape index (κ3) is 5.91. The average molecular weight is 394 g/mol. The first-order valence-corrected chi connectivity index (χ1v) is 7.36. The predicted molar refractivity (Wildman–Crippen MR) is 94.6 cm³/mol. The summed E-state index contributed by atoms with van der Waals surface area (Å²) < 4.78 is 27.9. The quantitative estimate of drug-likeness (QED) is 0.817. The van der Waals surface area contributed by atoms with Crippen LogP contribution in [0.1, 0.15) is 12.0 Å². The van der Waals surface area contributed by atoms with Gasteiger partial charge in [0.05, 0.1) is 12.6 Å². The van der Waals surface area contributed by atoms with E-state index in [1.54, 1.807) is 29.3 Å². The number of hydrogen-bond acceptors (Lipinski definition) is 4. The Balaban J connectivity index is 0.00000156. The van der Waals surface area contributed by atoms with Crippen molar-refractivity contribution in [2.75, 3.05) is 11.9 Å². The van der Waals surface area contributed by atoms with Crippen LogP contribution in [0.5, 0.6) is 0 Å². The molecule has 0 aliphatic carbocycles. The summed E-state index contributed by atoms with van der Waals surface area (Å²) in [5.41, 5.74) is 1.14. The fraction of sp³-hybridized carbons (Fsp3) is 0.400. The lowest BCUT2D eigenvalue weighted by Gasteiger charge is -2.09. The number of pyridine rings is 1. The van der Waals surface area contributed by atoms with Gasteiger partial charge in [-0.2, -0.15) is 5.10 Å². The van der Waals surface area contributed by atoms with E-state index >= 15 is 0 Å². The van der Waals surface area contributed by atoms with E-state index in [1.807, 2.05) is 12.1 Å². The molecular weight excluding hydrogens is 375 g/mol. The minimum Gasteiger partial charge on any atom is -0.308 e. The van der Waals surface area contributed by atoms with Crippen LogP contribution in [0.4, 0.5) is 14.6 Å². The molecule has 0 radical (unpaired) electrons. The molecule has 1 aliphatic rings. The zero-order valence-electron chi connectivity index (χ0n) is 13.2. The Kier molecular flexibility index (Phi) is 7.72. The summed E-state index contributed by atoms with van der Waals surface area (Å²) in [7, 11) is 0. The summed E-state index contributed by atoms with van der Waals surface area (Å²) in [6.07, 6.45) is 5.51. The van der Waals surface area contributed by atoms with E-state index in [0.29, 0.717) is 12.4 Å². The first-order valence-electron chi connectivity index (χ1n) is 7.36. The number of alkyl halides is 2. The Bertz CT molecular complexity index is 684. The molecule has 1 unspecified atom stereocenters. The van der Waals surface area contributed by atoms with Crippen molar-refractivity contribution in [3.63, 3.8) is 0 Å². The summed E-state index contributed by atoms with van der Waals surface area (Å²) in [5, 5.41) is 9.31. The molecule has 0 saturated carbocycles. The molecule has 0 bridgehead atoms. The van der Waals surface area contributed by atoms with Gasteiger partial charge in [0, 0.05) is 37.6 Å². The van der Waals surface area contributed by atoms with Crippen molar-refractivity contribution in [2.24, 2.45) is 0 Å². The van der Waals surface area contributed by atoms with E-state index in [2.05, 4.69) is 20.7 Å². The monoisotopic (exact) mass is 393 g/mol. The van der Waals surface area contributed by atoms with Gasteiger partial charge in [-0.15, -0.1) is 24.8 Å². The van der Waals surface area contributed by atoms with Gasteiger partial charge in [-0.25, -0.2) is 8.78 Å². The summed E-state index contributed by atoms with van der Waals surface area (Å²) in [4.78, 5) is 15.9. The first-order chi connectivity index (χ1) is 11.0. The standard InChI is InChI=1S/C15H17F2N5O.2ClH/c16-15(17)9-12(19-10-15)14(23)20-13-4-8-22(21-13)7-3-11-1-5-18-6-2-11;;/h1-2,4-6,8,12,19H,3,7,9-10H2,(H,20,21,23);2*1H. The van der Waals surface area contributed by atoms with E-state index in [9.17, 15) is 13.6 Å². The fourth-order valence-corrected chi connectivity index (χ4v) is 2.46. The number of anilines is 1. The molecule has 1 aliphatic heterocycles. The van der Waals surface area contributed by atoms with Gasteiger partial charge >= 0.3 is 0 Å². The van der Waals surface area contributed by atoms with Crippen LogP contribution in [0.15, 0.2) is 36.8 Å². The van der Waals surface area contributed by atoms with E-state index in [-0.39, 0.29) is 24.8 Å². The maximum absolute atomic E-state index is 13.1. The smallest absolute Gasteiger partial charge is 0.262 e. The third-order valence-corrected chi connectivity index (χ3v) is 3.70. The Morgan fingerprint density at radius 1 is 1.32 bits per heavy atom. The van der Waals surface area contributed by atoms with Crippen molar-refractivity contribution in [3.8, 4) is 0 Å². The van der Waals surface area contributed by atoms with Crippen LogP contribution >= 0.6 is 24.8 Å². The number of halogens is 4. The van der Waals surface area contributed by atoms with Gasteiger partial charge in [0.1, 0.15) is 0 Å². The molecule has 6 nitrogen and oxygen atoms in total. The molecule has 0 spiro atoms. The van der Waals surface area contributed by atoms with Gasteiger partial charge in [-0.3, -0.25) is 19.8 Å². The Morgan fingerprint density at radius 3 is 2.68 bits per heavy atom. The predicted octanol–water partition coefficient (Wildman–Crippen LogP) is 2.30. The highest BCUT2D eigenvalue weighted by atomic mass is 35.5. The second-order valence-electron chi connectivity index (χ2n) is 5.55. The highest BCUT2D eigenvalue weighted by molar-refractivity contribution is 5.94. The van der Waals surface area contributed by atoms with E-state index in [1.165, 1.54) is 0 Å². The van der Waals surface area contributed by atoms with Crippen LogP contribution in [-0.2, 0) is 17.8 Å². The topological polar surface area (TPSA) is 71.8 Å². The highest BCUT2D eigenvalue weighted by Gasteiger charge is 2.42. The summed E-state index contributed by atoms with van der Waals surface area (Å²) >= 11 is 0. The normalized spacial score (nSPS) is 18.1. The van der Waals surface area contributed by atoms with E-state index in [4.69, 9.17) is 0 Å². The van der Waals surface area contributed by atoms with Crippen LogP contribution in [0.25, 0.3) is 0 Å². The second-order valence-corrected chi connectivity index (χ2v) is 5.55. The number of aryl methyl sites for hydroxylation is 2. The second kappa shape index (κ2) is 9.07. The Morgan fingerprint density at radius 2 is 2.04 bits per heavy atom. The number of aromatic nitrogens is 3. The minimum atomic E-state index is -2.83. The van der Waals surface area contributed by atoms with Crippen LogP contribution in [0.3, 0.4) is 0 Å². The van der Waals surface area contributed by atoms with Crippen molar-refractivity contribution >= 4 is 36.5 Å². The molecule has 2 N–H and O–H groups in total. The van der Waals surface area contributed by atoms with Crippen LogP contribution < -0.4 is 10.6 Å². The molecule has 25 heavy (non-hydrogen) atoms. The van der Waals surface area contributed by atoms with Crippen molar-refractivity contribution in [1.82, 2.24) is 20.1 Å². The van der Waals surface area contributed by atoms with Gasteiger partial charge in [0.15, 0.2) is 5.82 Å². The number of nitrogens with one attached hydrogen (secondary N) is 2. The lowest BCUT2D eigenvalue weighted by Crippen LogP contribution is -2.35. The van der Waals surface area contributed by atoms with Crippen LogP contribution in [-0.4, -0.2) is 39.2 Å². The molecular formula is C15H19Cl2F2N5O. The van der Waals surface area contributed by atoms with Gasteiger partial charge in [-0.1, -0.05) is 0 Å². The van der Waals surface area contributed by atoms with Crippen molar-refractivity contribution in [3.05, 3.63) is 42.4 Å². The minimum absolute atomic E-state index is 0. The van der Waals surface area contributed by atoms with Crippen LogP contribution in [0.2, 0.25) is 0 Å². The van der Waals surface area contributed by atoms with Crippen molar-refractivity contribution in [2.45, 2.75) is 31.4 Å². The first kappa shape index (κ1) is 21.3. The molecule has 2 aromatic heterocycles. The lowest BCUT2D eigenvalue weighted by atomic mass is 10.2. The zero-order chi connectivity index (χ0) is 16.3. The molecule has 1 saturated heterocycles. The molecule has 1 amide bonds. The summed E-state index contributed by atoms with van der Waals surface area (Å²) in [6, 6.07) is 4.63. The summed E-state index contributed by atoms with van der Waals surface area (Å²) in [6.45, 7) is 0.186. The number of nitrogens with zero attached hydrogens (tertiary/aromatic N) is 3. The Labute approximate surface area is 156 Å². The molecule has 1 atom stereocenters. The average Bonchev–Trinajstić information content (AvgIpc) is 3.12. The zero-order valence-corrected chi connectivity index (χ0v) is 14.8. The Hall–Kier alpha value is -1.77. The maximum atomic E-state index is 13.1. The maximum Gasteiger partial charge on any atom is 0.262 e. The molecule has 138 valence electrons. The number of rotatable bonds is 5. The largest absolute Gasteiger partial charge is 0.308 e. The molecule has 3 heterocycles. The van der Waals surface area contributed by atoms with Crippen molar-refractivity contribution in [1.29, 1.82) is 0 Å². The van der Waals surface area contributed by atoms with E-state index in [0.717, 1.165) is 12.0 Å². The number of hydrogen-bond donors (Lipinski definition) is 2. The third-order valence-electron chi connectivity index (χ3n) is 3.70. The molecule has 0 aromatic carbocycles. The number of carbonyl (C=O) groups is 1. The van der Waals surface area contributed by atoms with Gasteiger partial charge in [-0.05, 0) is 24.1 Å². The fourth-order valence-electron chi connectivity index (χ4n) is 2.46. The number of amides is 1. The summed E-state index contributed by atoms with van der Waals surface area (Å²) in [5.74, 6) is -2.95. The van der Waals surface area contributed by atoms with Gasteiger partial charge in [0.2, 0.25) is 5.91 Å². The van der Waals surface area contributed by atoms with E-state index < -0.39 is 30.8 Å². The number of carbonyl (C=O) groups excluding carboxylic acids is 1. The molecule has 3 rings (SSSR count).